The average Bonchev–Trinajstić information content (AvgIpc) is 2.76. The Hall–Kier alpha value is -0.510. The van der Waals surface area contributed by atoms with Gasteiger partial charge in [0.25, 0.3) is 0 Å². The summed E-state index contributed by atoms with van der Waals surface area (Å²) < 4.78 is 36.5. The minimum atomic E-state index is -3.52. The largest absolute Gasteiger partial charge is 0.391 e. The Balaban J connectivity index is 2.47. The molecule has 0 atom stereocenters. The molecule has 6 nitrogen and oxygen atoms in total. The maximum Gasteiger partial charge on any atom is 0.250 e. The van der Waals surface area contributed by atoms with Gasteiger partial charge >= 0.3 is 0 Å². The summed E-state index contributed by atoms with van der Waals surface area (Å²) in [6.45, 7) is 3.04. The summed E-state index contributed by atoms with van der Waals surface area (Å²) in [5.41, 5.74) is 0.782. The third kappa shape index (κ3) is 5.17. The van der Waals surface area contributed by atoms with Gasteiger partial charge in [0.1, 0.15) is 4.21 Å². The van der Waals surface area contributed by atoms with E-state index < -0.39 is 10.0 Å². The zero-order valence-corrected chi connectivity index (χ0v) is 12.6. The number of sulfonamides is 1. The fourth-order valence-corrected chi connectivity index (χ4v) is 3.85. The summed E-state index contributed by atoms with van der Waals surface area (Å²) in [7, 11) is -1.95. The predicted molar refractivity (Wildman–Crippen MR) is 72.9 cm³/mol. The van der Waals surface area contributed by atoms with Crippen molar-refractivity contribution in [3.8, 4) is 0 Å². The lowest BCUT2D eigenvalue weighted by atomic mass is 10.3. The van der Waals surface area contributed by atoms with E-state index in [0.717, 1.165) is 16.9 Å². The zero-order chi connectivity index (χ0) is 14.3. The number of rotatable bonds is 9. The van der Waals surface area contributed by atoms with Crippen molar-refractivity contribution in [2.75, 3.05) is 33.5 Å². The van der Waals surface area contributed by atoms with Gasteiger partial charge in [-0.25, -0.2) is 13.1 Å². The van der Waals surface area contributed by atoms with E-state index >= 15 is 0 Å². The van der Waals surface area contributed by atoms with Crippen LogP contribution in [-0.4, -0.2) is 47.0 Å². The molecule has 0 fully saturated rings. The minimum Gasteiger partial charge on any atom is -0.391 e. The normalized spacial score (nSPS) is 11.9. The van der Waals surface area contributed by atoms with Crippen LogP contribution in [-0.2, 0) is 26.1 Å². The van der Waals surface area contributed by atoms with Gasteiger partial charge in [0.15, 0.2) is 0 Å². The topological polar surface area (TPSA) is 84.9 Å². The van der Waals surface area contributed by atoms with Gasteiger partial charge in [-0.1, -0.05) is 0 Å². The highest BCUT2D eigenvalue weighted by atomic mass is 32.2. The van der Waals surface area contributed by atoms with E-state index in [2.05, 4.69) is 4.72 Å². The fourth-order valence-electron chi connectivity index (χ4n) is 1.34. The quantitative estimate of drug-likeness (QED) is 0.649. The van der Waals surface area contributed by atoms with Crippen LogP contribution in [0.5, 0.6) is 0 Å². The number of thiophene rings is 1. The van der Waals surface area contributed by atoms with E-state index in [0.29, 0.717) is 24.7 Å². The summed E-state index contributed by atoms with van der Waals surface area (Å²) in [6.07, 6.45) is 0. The number of hydrogen-bond donors (Lipinski definition) is 2. The van der Waals surface area contributed by atoms with Gasteiger partial charge in [-0.05, 0) is 18.6 Å². The summed E-state index contributed by atoms with van der Waals surface area (Å²) in [5.74, 6) is 0. The first-order chi connectivity index (χ1) is 9.01. The van der Waals surface area contributed by atoms with E-state index in [9.17, 15) is 8.42 Å². The molecule has 0 bridgehead atoms. The maximum absolute atomic E-state index is 11.9. The summed E-state index contributed by atoms with van der Waals surface area (Å²) in [4.78, 5) is 0.664. The zero-order valence-electron chi connectivity index (χ0n) is 11.0. The van der Waals surface area contributed by atoms with Crippen LogP contribution in [0.25, 0.3) is 0 Å². The summed E-state index contributed by atoms with van der Waals surface area (Å²) >= 11 is 1.08. The van der Waals surface area contributed by atoms with Crippen molar-refractivity contribution >= 4 is 21.4 Å². The Labute approximate surface area is 117 Å². The predicted octanol–water partition coefficient (Wildman–Crippen LogP) is 0.490. The molecular weight excluding hydrogens is 290 g/mol. The standard InChI is InChI=1S/C11H19NO5S2/c1-9-7-11(18-10(9)8-13)19(14,15)12-3-4-17-6-5-16-2/h7,12-13H,3-6,8H2,1-2H3. The summed E-state index contributed by atoms with van der Waals surface area (Å²) in [6, 6.07) is 1.56. The smallest absolute Gasteiger partial charge is 0.250 e. The second-order valence-electron chi connectivity index (χ2n) is 3.83. The molecule has 110 valence electrons. The van der Waals surface area contributed by atoms with Crippen LogP contribution in [0.1, 0.15) is 10.4 Å². The molecule has 2 N–H and O–H groups in total. The monoisotopic (exact) mass is 309 g/mol. The van der Waals surface area contributed by atoms with Crippen LogP contribution >= 0.6 is 11.3 Å². The highest BCUT2D eigenvalue weighted by Gasteiger charge is 2.17. The van der Waals surface area contributed by atoms with Crippen molar-refractivity contribution in [1.82, 2.24) is 4.72 Å². The molecule has 0 aromatic carbocycles. The van der Waals surface area contributed by atoms with Crippen molar-refractivity contribution in [2.45, 2.75) is 17.7 Å². The van der Waals surface area contributed by atoms with E-state index in [4.69, 9.17) is 14.6 Å². The Morgan fingerprint density at radius 3 is 2.68 bits per heavy atom. The third-order valence-electron chi connectivity index (χ3n) is 2.38. The van der Waals surface area contributed by atoms with Crippen LogP contribution in [0.2, 0.25) is 0 Å². The minimum absolute atomic E-state index is 0.147. The van der Waals surface area contributed by atoms with Gasteiger partial charge in [0.05, 0.1) is 26.4 Å². The number of methoxy groups -OCH3 is 1. The van der Waals surface area contributed by atoms with Crippen molar-refractivity contribution in [2.24, 2.45) is 0 Å². The number of nitrogens with one attached hydrogen (secondary N) is 1. The van der Waals surface area contributed by atoms with Gasteiger partial charge in [0, 0.05) is 18.5 Å². The van der Waals surface area contributed by atoms with Crippen molar-refractivity contribution in [3.05, 3.63) is 16.5 Å². The molecule has 1 heterocycles. The number of hydrogen-bond acceptors (Lipinski definition) is 6. The lowest BCUT2D eigenvalue weighted by Crippen LogP contribution is -2.27. The molecule has 0 saturated heterocycles. The molecule has 1 aromatic rings. The van der Waals surface area contributed by atoms with Crippen LogP contribution in [0, 0.1) is 6.92 Å². The molecule has 1 aromatic heterocycles. The highest BCUT2D eigenvalue weighted by molar-refractivity contribution is 7.91. The first-order valence-electron chi connectivity index (χ1n) is 5.77. The highest BCUT2D eigenvalue weighted by Crippen LogP contribution is 2.25. The molecule has 8 heteroatoms. The molecule has 1 rings (SSSR count). The van der Waals surface area contributed by atoms with E-state index in [1.807, 2.05) is 0 Å². The second kappa shape index (κ2) is 7.93. The molecule has 19 heavy (non-hydrogen) atoms. The molecule has 0 saturated carbocycles. The number of aliphatic hydroxyl groups is 1. The van der Waals surface area contributed by atoms with Gasteiger partial charge in [-0.2, -0.15) is 0 Å². The van der Waals surface area contributed by atoms with Crippen LogP contribution in [0.4, 0.5) is 0 Å². The molecule has 0 aliphatic rings. The Kier molecular flexibility index (Phi) is 6.90. The van der Waals surface area contributed by atoms with Crippen molar-refractivity contribution in [1.29, 1.82) is 0 Å². The molecule has 0 amide bonds. The van der Waals surface area contributed by atoms with Crippen LogP contribution < -0.4 is 4.72 Å². The SMILES string of the molecule is COCCOCCNS(=O)(=O)c1cc(C)c(CO)s1. The molecule has 0 radical (unpaired) electrons. The number of ether oxygens (including phenoxy) is 2. The Bertz CT molecular complexity index is 483. The van der Waals surface area contributed by atoms with Crippen LogP contribution in [0.15, 0.2) is 10.3 Å². The fraction of sp³-hybridized carbons (Fsp3) is 0.636. The van der Waals surface area contributed by atoms with Gasteiger partial charge < -0.3 is 14.6 Å². The third-order valence-corrected chi connectivity index (χ3v) is 5.53. The summed E-state index contributed by atoms with van der Waals surface area (Å²) in [5, 5.41) is 9.06. The molecular formula is C11H19NO5S2. The van der Waals surface area contributed by atoms with Gasteiger partial charge in [-0.3, -0.25) is 0 Å². The van der Waals surface area contributed by atoms with Gasteiger partial charge in [-0.15, -0.1) is 11.3 Å². The molecule has 0 spiro atoms. The van der Waals surface area contributed by atoms with Crippen LogP contribution in [0.3, 0.4) is 0 Å². The average molecular weight is 309 g/mol. The maximum atomic E-state index is 11.9. The van der Waals surface area contributed by atoms with E-state index in [1.54, 1.807) is 20.1 Å². The molecule has 0 aliphatic heterocycles. The lowest BCUT2D eigenvalue weighted by molar-refractivity contribution is 0.0736. The van der Waals surface area contributed by atoms with Crippen molar-refractivity contribution in [3.63, 3.8) is 0 Å². The van der Waals surface area contributed by atoms with E-state index in [-0.39, 0.29) is 17.4 Å². The molecule has 0 aliphatic carbocycles. The first-order valence-corrected chi connectivity index (χ1v) is 8.07. The number of aryl methyl sites for hydroxylation is 1. The second-order valence-corrected chi connectivity index (χ2v) is 6.96. The first kappa shape index (κ1) is 16.5. The van der Waals surface area contributed by atoms with E-state index in [1.165, 1.54) is 0 Å². The Morgan fingerprint density at radius 1 is 1.37 bits per heavy atom. The van der Waals surface area contributed by atoms with Crippen molar-refractivity contribution < 1.29 is 23.0 Å². The lowest BCUT2D eigenvalue weighted by Gasteiger charge is -2.05. The Morgan fingerprint density at radius 2 is 2.11 bits per heavy atom. The van der Waals surface area contributed by atoms with Gasteiger partial charge in [0.2, 0.25) is 10.0 Å². The number of aliphatic hydroxyl groups excluding tert-OH is 1. The molecule has 0 unspecified atom stereocenters.